The molecule has 10 nitrogen and oxygen atoms in total. The molecular formula is C26H27N7O3S. The molecule has 2 aliphatic carbocycles. The number of nitrogens with zero attached hydrogens (tertiary/aromatic N) is 3. The highest BCUT2D eigenvalue weighted by molar-refractivity contribution is 7.93. The second-order valence-corrected chi connectivity index (χ2v) is 10.7. The zero-order chi connectivity index (χ0) is 26.4. The number of pyridine rings is 1. The van der Waals surface area contributed by atoms with Gasteiger partial charge in [-0.2, -0.15) is 5.10 Å². The number of amidine groups is 1. The smallest absolute Gasteiger partial charge is 0.275 e. The number of amides is 1. The fourth-order valence-electron chi connectivity index (χ4n) is 4.94. The van der Waals surface area contributed by atoms with Crippen LogP contribution in [0.4, 0.5) is 5.82 Å². The van der Waals surface area contributed by atoms with Crippen molar-refractivity contribution in [2.75, 3.05) is 5.32 Å². The second-order valence-electron chi connectivity index (χ2n) is 9.15. The Labute approximate surface area is 214 Å². The Morgan fingerprint density at radius 3 is 2.81 bits per heavy atom. The number of anilines is 1. The molecule has 1 amide bonds. The Hall–Kier alpha value is -4.09. The van der Waals surface area contributed by atoms with Crippen molar-refractivity contribution in [3.63, 3.8) is 0 Å². The van der Waals surface area contributed by atoms with Gasteiger partial charge in [-0.25, -0.2) is 23.2 Å². The van der Waals surface area contributed by atoms with Crippen molar-refractivity contribution in [2.45, 2.75) is 38.0 Å². The van der Waals surface area contributed by atoms with E-state index in [9.17, 15) is 13.2 Å². The molecule has 11 heteroatoms. The number of unbranched alkanes of at least 4 members (excludes halogenated alkanes) is 1. The monoisotopic (exact) mass is 517 g/mol. The van der Waals surface area contributed by atoms with E-state index in [1.807, 2.05) is 6.08 Å². The molecule has 1 atom stereocenters. The van der Waals surface area contributed by atoms with Crippen molar-refractivity contribution < 1.29 is 13.2 Å². The number of carbonyl (C=O) groups is 1. The van der Waals surface area contributed by atoms with Crippen LogP contribution in [0.25, 0.3) is 5.69 Å². The van der Waals surface area contributed by atoms with E-state index in [1.54, 1.807) is 48.7 Å². The van der Waals surface area contributed by atoms with Crippen molar-refractivity contribution in [3.8, 4) is 5.69 Å². The molecule has 0 radical (unpaired) electrons. The summed E-state index contributed by atoms with van der Waals surface area (Å²) in [5.41, 5.74) is 8.31. The molecule has 190 valence electrons. The van der Waals surface area contributed by atoms with E-state index >= 15 is 0 Å². The number of carbonyl (C=O) groups excluding carboxylic acids is 1. The van der Waals surface area contributed by atoms with Gasteiger partial charge in [-0.3, -0.25) is 10.2 Å². The van der Waals surface area contributed by atoms with Gasteiger partial charge in [-0.05, 0) is 55.2 Å². The molecule has 0 aliphatic heterocycles. The van der Waals surface area contributed by atoms with Gasteiger partial charge in [0.1, 0.15) is 17.3 Å². The first-order valence-corrected chi connectivity index (χ1v) is 13.5. The van der Waals surface area contributed by atoms with Crippen LogP contribution in [0, 0.1) is 5.41 Å². The first kappa shape index (κ1) is 24.6. The zero-order valence-electron chi connectivity index (χ0n) is 20.2. The summed E-state index contributed by atoms with van der Waals surface area (Å²) < 4.78 is 26.3. The second kappa shape index (κ2) is 9.09. The van der Waals surface area contributed by atoms with Gasteiger partial charge in [0.05, 0.1) is 21.7 Å². The Morgan fingerprint density at radius 1 is 1.27 bits per heavy atom. The van der Waals surface area contributed by atoms with E-state index in [-0.39, 0.29) is 22.3 Å². The molecule has 5 rings (SSSR count). The van der Waals surface area contributed by atoms with E-state index in [4.69, 9.17) is 16.3 Å². The Balaban J connectivity index is 1.52. The van der Waals surface area contributed by atoms with Crippen LogP contribution < -0.4 is 16.2 Å². The summed E-state index contributed by atoms with van der Waals surface area (Å²) >= 11 is 0. The third kappa shape index (κ3) is 4.25. The maximum atomic E-state index is 13.6. The topological polar surface area (TPSA) is 170 Å². The molecule has 0 saturated heterocycles. The Bertz CT molecular complexity index is 1600. The van der Waals surface area contributed by atoms with Crippen molar-refractivity contribution in [2.24, 2.45) is 10.9 Å². The molecule has 1 spiro atoms. The molecule has 1 unspecified atom stereocenters. The van der Waals surface area contributed by atoms with Gasteiger partial charge in [0.15, 0.2) is 0 Å². The molecule has 3 aromatic rings. The fraction of sp³-hybridized carbons (Fsp3) is 0.231. The number of aryl methyl sites for hydroxylation is 1. The minimum absolute atomic E-state index is 0.0895. The highest BCUT2D eigenvalue weighted by Crippen LogP contribution is 2.61. The lowest BCUT2D eigenvalue weighted by Gasteiger charge is -2.20. The zero-order valence-corrected chi connectivity index (χ0v) is 21.0. The van der Waals surface area contributed by atoms with Crippen LogP contribution in [0.5, 0.6) is 0 Å². The SMILES string of the molecule is CCCCc1cc(C(=O)Nc2nccc3c2C32CC=CC=C2S(N)(=O)=O)n(-c2cccc(C(=N)N)c2)n1. The molecular weight excluding hydrogens is 490 g/mol. The minimum atomic E-state index is -3.97. The van der Waals surface area contributed by atoms with E-state index < -0.39 is 21.3 Å². The summed E-state index contributed by atoms with van der Waals surface area (Å²) in [7, 11) is -3.97. The minimum Gasteiger partial charge on any atom is -0.384 e. The van der Waals surface area contributed by atoms with Gasteiger partial charge in [0.2, 0.25) is 10.0 Å². The van der Waals surface area contributed by atoms with Crippen molar-refractivity contribution >= 4 is 27.6 Å². The third-order valence-electron chi connectivity index (χ3n) is 6.72. The molecule has 2 aromatic heterocycles. The highest BCUT2D eigenvalue weighted by Gasteiger charge is 2.58. The van der Waals surface area contributed by atoms with E-state index in [0.717, 1.165) is 24.1 Å². The first-order chi connectivity index (χ1) is 17.7. The van der Waals surface area contributed by atoms with E-state index in [2.05, 4.69) is 22.3 Å². The summed E-state index contributed by atoms with van der Waals surface area (Å²) in [5.74, 6) is -0.250. The number of hydrogen-bond acceptors (Lipinski definition) is 6. The number of benzene rings is 1. The number of nitrogens with one attached hydrogen (secondary N) is 2. The van der Waals surface area contributed by atoms with E-state index in [0.29, 0.717) is 29.7 Å². The summed E-state index contributed by atoms with van der Waals surface area (Å²) in [5, 5.41) is 20.8. The summed E-state index contributed by atoms with van der Waals surface area (Å²) in [6.45, 7) is 2.08. The molecule has 6 N–H and O–H groups in total. The molecule has 37 heavy (non-hydrogen) atoms. The highest BCUT2D eigenvalue weighted by atomic mass is 32.2. The lowest BCUT2D eigenvalue weighted by atomic mass is 9.92. The molecule has 2 heterocycles. The lowest BCUT2D eigenvalue weighted by molar-refractivity contribution is 0.101. The van der Waals surface area contributed by atoms with Crippen molar-refractivity contribution in [3.05, 3.63) is 93.8 Å². The summed E-state index contributed by atoms with van der Waals surface area (Å²) in [6.07, 6.45) is 9.59. The van der Waals surface area contributed by atoms with Crippen molar-refractivity contribution in [1.29, 1.82) is 5.41 Å². The van der Waals surface area contributed by atoms with Crippen LogP contribution >= 0.6 is 0 Å². The number of fused-ring (bicyclic) bond motifs is 3. The van der Waals surface area contributed by atoms with Gasteiger partial charge in [0, 0.05) is 17.3 Å². The largest absolute Gasteiger partial charge is 0.384 e. The van der Waals surface area contributed by atoms with Gasteiger partial charge in [-0.15, -0.1) is 0 Å². The standard InChI is InChI=1S/C26H27N7O3S/c1-2-3-8-17-15-20(33(32-17)18-9-6-7-16(14-18)23(27)28)25(34)31-24-22-19(11-13-30-24)26(22)12-5-4-10-21(26)37(29,35)36/h4-7,9-11,13-15H,2-3,8,12H2,1H3,(H3,27,28)(H2,29,35,36)(H,30,31,34). The van der Waals surface area contributed by atoms with E-state index in [1.165, 1.54) is 10.8 Å². The van der Waals surface area contributed by atoms with Crippen molar-refractivity contribution in [1.82, 2.24) is 14.8 Å². The number of allylic oxidation sites excluding steroid dienone is 4. The quantitative estimate of drug-likeness (QED) is 0.264. The average Bonchev–Trinajstić information content (AvgIpc) is 3.29. The third-order valence-corrected chi connectivity index (χ3v) is 7.82. The van der Waals surface area contributed by atoms with Crippen LogP contribution in [0.1, 0.15) is 59.1 Å². The van der Waals surface area contributed by atoms with Gasteiger partial charge in [0.25, 0.3) is 5.91 Å². The van der Waals surface area contributed by atoms with Gasteiger partial charge < -0.3 is 11.1 Å². The maximum Gasteiger partial charge on any atom is 0.275 e. The molecule has 0 bridgehead atoms. The Kier molecular flexibility index (Phi) is 6.04. The van der Waals surface area contributed by atoms with Crippen LogP contribution in [0.15, 0.2) is 65.7 Å². The normalized spacial score (nSPS) is 17.8. The average molecular weight is 518 g/mol. The summed E-state index contributed by atoms with van der Waals surface area (Å²) in [4.78, 5) is 18.0. The number of nitrogen functional groups attached to an aromatic ring is 1. The van der Waals surface area contributed by atoms with Crippen LogP contribution in [-0.4, -0.2) is 34.9 Å². The number of sulfonamides is 1. The first-order valence-electron chi connectivity index (χ1n) is 11.9. The number of primary sulfonamides is 1. The number of rotatable bonds is 8. The lowest BCUT2D eigenvalue weighted by Crippen LogP contribution is -2.27. The molecule has 0 fully saturated rings. The predicted octanol–water partition coefficient (Wildman–Crippen LogP) is 2.88. The molecule has 1 aromatic carbocycles. The predicted molar refractivity (Wildman–Crippen MR) is 141 cm³/mol. The van der Waals surface area contributed by atoms with Crippen LogP contribution in [0.2, 0.25) is 0 Å². The number of nitrogens with two attached hydrogens (primary N) is 2. The summed E-state index contributed by atoms with van der Waals surface area (Å²) in [6, 6.07) is 10.4. The maximum absolute atomic E-state index is 13.6. The van der Waals surface area contributed by atoms with Gasteiger partial charge >= 0.3 is 0 Å². The fourth-order valence-corrected chi connectivity index (χ4v) is 5.99. The number of hydrogen-bond donors (Lipinski definition) is 4. The Morgan fingerprint density at radius 2 is 2.08 bits per heavy atom. The molecule has 2 aliphatic rings. The molecule has 0 saturated carbocycles. The number of aromatic nitrogens is 3. The van der Waals surface area contributed by atoms with Gasteiger partial charge in [-0.1, -0.05) is 37.6 Å². The van der Waals surface area contributed by atoms with Crippen LogP contribution in [-0.2, 0) is 21.9 Å². The van der Waals surface area contributed by atoms with Crippen LogP contribution in [0.3, 0.4) is 0 Å².